The van der Waals surface area contributed by atoms with Crippen LogP contribution in [0.3, 0.4) is 0 Å². The number of hydrogen-bond acceptors (Lipinski definition) is 5. The van der Waals surface area contributed by atoms with Gasteiger partial charge in [-0.25, -0.2) is 4.79 Å². The van der Waals surface area contributed by atoms with E-state index >= 15 is 0 Å². The molecule has 1 N–H and O–H groups in total. The quantitative estimate of drug-likeness (QED) is 0.647. The molecule has 0 amide bonds. The van der Waals surface area contributed by atoms with Crippen molar-refractivity contribution in [2.45, 2.75) is 5.51 Å². The summed E-state index contributed by atoms with van der Waals surface area (Å²) in [4.78, 5) is 10.5. The Hall–Kier alpha value is -1.97. The van der Waals surface area contributed by atoms with E-state index in [1.807, 2.05) is 0 Å². The summed E-state index contributed by atoms with van der Waals surface area (Å²) < 4.78 is 60.8. The van der Waals surface area contributed by atoms with Crippen molar-refractivity contribution in [3.05, 3.63) is 23.8 Å². The fourth-order valence-electron chi connectivity index (χ4n) is 0.917. The lowest BCUT2D eigenvalue weighted by Crippen LogP contribution is -2.28. The van der Waals surface area contributed by atoms with Gasteiger partial charge in [-0.2, -0.15) is 21.6 Å². The molecule has 6 nitrogen and oxygen atoms in total. The van der Waals surface area contributed by atoms with Crippen LogP contribution in [0.1, 0.15) is 10.4 Å². The molecule has 0 saturated carbocycles. The summed E-state index contributed by atoms with van der Waals surface area (Å²) in [6, 6.07) is 1.53. The van der Waals surface area contributed by atoms with Crippen molar-refractivity contribution in [3.8, 4) is 11.5 Å². The van der Waals surface area contributed by atoms with Gasteiger partial charge < -0.3 is 14.4 Å². The lowest BCUT2D eigenvalue weighted by Gasteiger charge is -2.12. The third-order valence-corrected chi connectivity index (χ3v) is 2.60. The number of carboxylic acid groups (broad SMARTS) is 1. The van der Waals surface area contributed by atoms with Gasteiger partial charge in [-0.3, -0.25) is 0 Å². The molecule has 0 aliphatic heterocycles. The first kappa shape index (κ1) is 14.1. The van der Waals surface area contributed by atoms with Crippen molar-refractivity contribution in [2.24, 2.45) is 0 Å². The zero-order valence-electron chi connectivity index (χ0n) is 8.26. The van der Waals surface area contributed by atoms with Crippen molar-refractivity contribution in [3.63, 3.8) is 0 Å². The van der Waals surface area contributed by atoms with Gasteiger partial charge in [-0.05, 0) is 12.1 Å². The van der Waals surface area contributed by atoms with Crippen LogP contribution in [0.25, 0.3) is 0 Å². The van der Waals surface area contributed by atoms with Gasteiger partial charge >= 0.3 is 21.6 Å². The van der Waals surface area contributed by atoms with E-state index in [4.69, 9.17) is 5.11 Å². The van der Waals surface area contributed by atoms with Crippen LogP contribution in [-0.2, 0) is 10.1 Å². The van der Waals surface area contributed by atoms with Gasteiger partial charge in [0.2, 0.25) is 0 Å². The SMILES string of the molecule is O=C(O)c1cc([O-])cc(OS(=O)(=O)C(F)(F)F)c1. The molecular weight excluding hydrogens is 281 g/mol. The molecule has 18 heavy (non-hydrogen) atoms. The summed E-state index contributed by atoms with van der Waals surface area (Å²) in [5.74, 6) is -3.62. The monoisotopic (exact) mass is 285 g/mol. The number of aromatic carboxylic acids is 1. The van der Waals surface area contributed by atoms with Crippen molar-refractivity contribution < 1.29 is 40.8 Å². The van der Waals surface area contributed by atoms with Crippen LogP contribution in [0, 0.1) is 0 Å². The highest BCUT2D eigenvalue weighted by Gasteiger charge is 2.48. The third kappa shape index (κ3) is 3.03. The van der Waals surface area contributed by atoms with Gasteiger partial charge in [0.05, 0.1) is 5.56 Å². The molecule has 10 heteroatoms. The number of hydrogen-bond donors (Lipinski definition) is 1. The minimum absolute atomic E-state index is 0.426. The van der Waals surface area contributed by atoms with Crippen LogP contribution < -0.4 is 9.29 Å². The molecule has 100 valence electrons. The van der Waals surface area contributed by atoms with E-state index in [-0.39, 0.29) is 0 Å². The van der Waals surface area contributed by atoms with E-state index < -0.39 is 38.7 Å². The van der Waals surface area contributed by atoms with Crippen molar-refractivity contribution >= 4 is 16.1 Å². The summed E-state index contributed by atoms with van der Waals surface area (Å²) >= 11 is 0. The molecule has 1 aromatic carbocycles. The molecule has 0 heterocycles. The first-order valence-corrected chi connectivity index (χ1v) is 5.50. The summed E-state index contributed by atoms with van der Waals surface area (Å²) in [5, 5.41) is 19.5. The second kappa shape index (κ2) is 4.37. The molecule has 0 aliphatic carbocycles. The van der Waals surface area contributed by atoms with Gasteiger partial charge in [-0.1, -0.05) is 6.07 Å². The van der Waals surface area contributed by atoms with Gasteiger partial charge in [0, 0.05) is 0 Å². The highest BCUT2D eigenvalue weighted by atomic mass is 32.2. The molecule has 0 spiro atoms. The maximum absolute atomic E-state index is 12.0. The fourth-order valence-corrected chi connectivity index (χ4v) is 1.36. The van der Waals surface area contributed by atoms with Gasteiger partial charge in [0.1, 0.15) is 5.75 Å². The molecule has 1 aromatic rings. The maximum Gasteiger partial charge on any atom is 0.534 e. The van der Waals surface area contributed by atoms with Crippen LogP contribution in [0.4, 0.5) is 13.2 Å². The lowest BCUT2D eigenvalue weighted by atomic mass is 10.2. The minimum Gasteiger partial charge on any atom is -0.872 e. The fraction of sp³-hybridized carbons (Fsp3) is 0.125. The topological polar surface area (TPSA) is 104 Å². The number of carboxylic acids is 1. The average Bonchev–Trinajstić information content (AvgIpc) is 2.13. The van der Waals surface area contributed by atoms with E-state index in [1.165, 1.54) is 0 Å². The zero-order valence-corrected chi connectivity index (χ0v) is 9.08. The van der Waals surface area contributed by atoms with Crippen LogP contribution in [-0.4, -0.2) is 25.0 Å². The Balaban J connectivity index is 3.17. The summed E-state index contributed by atoms with van der Waals surface area (Å²) in [7, 11) is -5.94. The third-order valence-electron chi connectivity index (χ3n) is 1.62. The largest absolute Gasteiger partial charge is 0.872 e. The van der Waals surface area contributed by atoms with E-state index in [1.54, 1.807) is 0 Å². The molecule has 0 bridgehead atoms. The highest BCUT2D eigenvalue weighted by molar-refractivity contribution is 7.88. The molecule has 0 aromatic heterocycles. The van der Waals surface area contributed by atoms with E-state index in [9.17, 15) is 31.5 Å². The Morgan fingerprint density at radius 1 is 1.28 bits per heavy atom. The van der Waals surface area contributed by atoms with Gasteiger partial charge in [0.25, 0.3) is 0 Å². The number of alkyl halides is 3. The van der Waals surface area contributed by atoms with Crippen molar-refractivity contribution in [1.29, 1.82) is 0 Å². The van der Waals surface area contributed by atoms with Crippen molar-refractivity contribution in [2.75, 3.05) is 0 Å². The molecule has 0 unspecified atom stereocenters. The predicted molar refractivity (Wildman–Crippen MR) is 48.5 cm³/mol. The highest BCUT2D eigenvalue weighted by Crippen LogP contribution is 2.28. The molecule has 0 saturated heterocycles. The second-order valence-electron chi connectivity index (χ2n) is 2.98. The Kier molecular flexibility index (Phi) is 3.42. The Labute approximate surface area is 98.4 Å². The number of halogens is 3. The number of benzene rings is 1. The smallest absolute Gasteiger partial charge is 0.534 e. The van der Waals surface area contributed by atoms with Gasteiger partial charge in [-0.15, -0.1) is 5.75 Å². The van der Waals surface area contributed by atoms with E-state index in [2.05, 4.69) is 4.18 Å². The maximum atomic E-state index is 12.0. The molecule has 0 atom stereocenters. The minimum atomic E-state index is -5.94. The van der Waals surface area contributed by atoms with Gasteiger partial charge in [0.15, 0.2) is 0 Å². The molecule has 1 rings (SSSR count). The zero-order chi connectivity index (χ0) is 14.1. The summed E-state index contributed by atoms with van der Waals surface area (Å²) in [6.45, 7) is 0. The molecular formula is C8H4F3O6S-. The van der Waals surface area contributed by atoms with E-state index in [0.717, 1.165) is 0 Å². The Morgan fingerprint density at radius 3 is 2.28 bits per heavy atom. The second-order valence-corrected chi connectivity index (χ2v) is 4.52. The normalized spacial score (nSPS) is 12.2. The summed E-state index contributed by atoms with van der Waals surface area (Å²) in [6.07, 6.45) is 0. The van der Waals surface area contributed by atoms with E-state index in [0.29, 0.717) is 18.2 Å². The number of rotatable bonds is 3. The Bertz CT molecular complexity index is 577. The van der Waals surface area contributed by atoms with Crippen LogP contribution in [0.5, 0.6) is 11.5 Å². The molecule has 0 aliphatic rings. The van der Waals surface area contributed by atoms with Crippen LogP contribution in [0.15, 0.2) is 18.2 Å². The first-order valence-electron chi connectivity index (χ1n) is 4.09. The van der Waals surface area contributed by atoms with Crippen molar-refractivity contribution in [1.82, 2.24) is 0 Å². The molecule has 0 radical (unpaired) electrons. The summed E-state index contributed by atoms with van der Waals surface area (Å²) in [5.41, 5.74) is -6.36. The van der Waals surface area contributed by atoms with Crippen LogP contribution in [0.2, 0.25) is 0 Å². The first-order chi connectivity index (χ1) is 8.03. The standard InChI is InChI=1S/C8H5F3O6S/c9-8(10,11)18(15,16)17-6-2-4(7(13)14)1-5(12)3-6/h1-3,12H,(H,13,14)/p-1. The van der Waals surface area contributed by atoms with Crippen LogP contribution >= 0.6 is 0 Å². The molecule has 0 fully saturated rings. The number of carbonyl (C=O) groups is 1. The average molecular weight is 285 g/mol. The lowest BCUT2D eigenvalue weighted by molar-refractivity contribution is -0.268. The Morgan fingerprint density at radius 2 is 1.83 bits per heavy atom. The predicted octanol–water partition coefficient (Wildman–Crippen LogP) is 0.687.